The van der Waals surface area contributed by atoms with Crippen LogP contribution in [0.1, 0.15) is 36.8 Å². The molecule has 0 saturated heterocycles. The van der Waals surface area contributed by atoms with Crippen molar-refractivity contribution >= 4 is 0 Å². The maximum Gasteiger partial charge on any atom is -0.0124 e. The molecule has 0 N–H and O–H groups in total. The highest BCUT2D eigenvalue weighted by molar-refractivity contribution is 5.27. The van der Waals surface area contributed by atoms with E-state index < -0.39 is 0 Å². The Labute approximate surface area is 97.9 Å². The van der Waals surface area contributed by atoms with Crippen molar-refractivity contribution in [2.75, 3.05) is 0 Å². The van der Waals surface area contributed by atoms with E-state index in [0.717, 1.165) is 0 Å². The number of hydrogen-bond donors (Lipinski definition) is 0. The van der Waals surface area contributed by atoms with Crippen LogP contribution in [0.3, 0.4) is 0 Å². The zero-order valence-corrected chi connectivity index (χ0v) is 9.93. The third kappa shape index (κ3) is 2.33. The molecule has 0 nitrogen and oxygen atoms in total. The van der Waals surface area contributed by atoms with Gasteiger partial charge in [-0.25, -0.2) is 0 Å². The molecular weight excluding hydrogens is 192 g/mol. The lowest BCUT2D eigenvalue weighted by molar-refractivity contribution is 0.624. The van der Waals surface area contributed by atoms with Crippen molar-refractivity contribution in [3.8, 4) is 0 Å². The average molecular weight is 210 g/mol. The molecule has 0 radical (unpaired) electrons. The molecule has 0 spiro atoms. The Bertz CT molecular complexity index is 373. The van der Waals surface area contributed by atoms with Crippen LogP contribution in [0, 0.1) is 0 Å². The van der Waals surface area contributed by atoms with Crippen LogP contribution in [0.15, 0.2) is 60.7 Å². The third-order valence-electron chi connectivity index (χ3n) is 3.40. The summed E-state index contributed by atoms with van der Waals surface area (Å²) in [6.07, 6.45) is 0. The Kier molecular flexibility index (Phi) is 3.40. The van der Waals surface area contributed by atoms with Gasteiger partial charge in [-0.3, -0.25) is 0 Å². The van der Waals surface area contributed by atoms with E-state index in [9.17, 15) is 0 Å². The highest BCUT2D eigenvalue weighted by atomic mass is 14.2. The van der Waals surface area contributed by atoms with Gasteiger partial charge in [0, 0.05) is 0 Å². The van der Waals surface area contributed by atoms with E-state index in [0.29, 0.717) is 11.8 Å². The fraction of sp³-hybridized carbons (Fsp3) is 0.250. The van der Waals surface area contributed by atoms with Crippen molar-refractivity contribution in [2.24, 2.45) is 0 Å². The van der Waals surface area contributed by atoms with Crippen molar-refractivity contribution in [2.45, 2.75) is 25.7 Å². The second-order valence-corrected chi connectivity index (χ2v) is 4.40. The van der Waals surface area contributed by atoms with E-state index in [1.54, 1.807) is 0 Å². The van der Waals surface area contributed by atoms with Crippen molar-refractivity contribution in [1.29, 1.82) is 0 Å². The van der Waals surface area contributed by atoms with E-state index >= 15 is 0 Å². The van der Waals surface area contributed by atoms with Crippen LogP contribution >= 0.6 is 0 Å². The first-order valence-electron chi connectivity index (χ1n) is 5.89. The number of rotatable bonds is 3. The normalized spacial score (nSPS) is 14.4. The van der Waals surface area contributed by atoms with Gasteiger partial charge in [-0.1, -0.05) is 74.5 Å². The Morgan fingerprint density at radius 1 is 0.562 bits per heavy atom. The average Bonchev–Trinajstić information content (AvgIpc) is 2.39. The molecule has 0 heterocycles. The van der Waals surface area contributed by atoms with Gasteiger partial charge in [0.25, 0.3) is 0 Å². The van der Waals surface area contributed by atoms with Gasteiger partial charge in [-0.05, 0) is 23.0 Å². The first kappa shape index (κ1) is 10.9. The maximum absolute atomic E-state index is 2.30. The molecule has 2 rings (SSSR count). The van der Waals surface area contributed by atoms with Crippen LogP contribution in [0.4, 0.5) is 0 Å². The van der Waals surface area contributed by atoms with Crippen molar-refractivity contribution < 1.29 is 0 Å². The van der Waals surface area contributed by atoms with Gasteiger partial charge in [-0.2, -0.15) is 0 Å². The molecule has 0 heteroatoms. The topological polar surface area (TPSA) is 0 Å². The third-order valence-corrected chi connectivity index (χ3v) is 3.40. The Morgan fingerprint density at radius 2 is 0.875 bits per heavy atom. The molecule has 0 unspecified atom stereocenters. The van der Waals surface area contributed by atoms with E-state index in [-0.39, 0.29) is 0 Å². The second-order valence-electron chi connectivity index (χ2n) is 4.40. The minimum absolute atomic E-state index is 0.559. The minimum Gasteiger partial charge on any atom is -0.0622 e. The van der Waals surface area contributed by atoms with Crippen LogP contribution in [0.25, 0.3) is 0 Å². The first-order chi connectivity index (χ1) is 7.79. The first-order valence-corrected chi connectivity index (χ1v) is 5.89. The highest BCUT2D eigenvalue weighted by Crippen LogP contribution is 2.31. The molecule has 2 aromatic carbocycles. The van der Waals surface area contributed by atoms with Crippen LogP contribution in [-0.2, 0) is 0 Å². The van der Waals surface area contributed by atoms with E-state index in [1.165, 1.54) is 11.1 Å². The number of hydrogen-bond acceptors (Lipinski definition) is 0. The summed E-state index contributed by atoms with van der Waals surface area (Å²) < 4.78 is 0. The summed E-state index contributed by atoms with van der Waals surface area (Å²) in [4.78, 5) is 0. The minimum atomic E-state index is 0.559. The van der Waals surface area contributed by atoms with Gasteiger partial charge in [0.2, 0.25) is 0 Å². The molecule has 2 aromatic rings. The van der Waals surface area contributed by atoms with Crippen LogP contribution < -0.4 is 0 Å². The SMILES string of the molecule is C[C@H](c1ccccc1)[C@H](C)c1ccccc1. The number of benzene rings is 2. The maximum atomic E-state index is 2.30. The van der Waals surface area contributed by atoms with Gasteiger partial charge in [0.15, 0.2) is 0 Å². The molecule has 82 valence electrons. The van der Waals surface area contributed by atoms with Gasteiger partial charge >= 0.3 is 0 Å². The Morgan fingerprint density at radius 3 is 1.19 bits per heavy atom. The van der Waals surface area contributed by atoms with Gasteiger partial charge in [0.05, 0.1) is 0 Å². The lowest BCUT2D eigenvalue weighted by atomic mass is 9.84. The zero-order chi connectivity index (χ0) is 11.4. The largest absolute Gasteiger partial charge is 0.0622 e. The highest BCUT2D eigenvalue weighted by Gasteiger charge is 2.15. The second kappa shape index (κ2) is 4.98. The molecule has 0 aromatic heterocycles. The Hall–Kier alpha value is -1.56. The van der Waals surface area contributed by atoms with E-state index in [4.69, 9.17) is 0 Å². The molecule has 0 aliphatic heterocycles. The predicted molar refractivity (Wildman–Crippen MR) is 69.7 cm³/mol. The fourth-order valence-electron chi connectivity index (χ4n) is 2.09. The van der Waals surface area contributed by atoms with Crippen LogP contribution in [0.2, 0.25) is 0 Å². The summed E-state index contributed by atoms with van der Waals surface area (Å²) in [5, 5.41) is 0. The quantitative estimate of drug-likeness (QED) is 0.695. The Balaban J connectivity index is 2.20. The summed E-state index contributed by atoms with van der Waals surface area (Å²) in [5.74, 6) is 1.12. The summed E-state index contributed by atoms with van der Waals surface area (Å²) in [6.45, 7) is 4.60. The predicted octanol–water partition coefficient (Wildman–Crippen LogP) is 4.59. The lowest BCUT2D eigenvalue weighted by Gasteiger charge is -2.20. The molecule has 0 aliphatic rings. The zero-order valence-electron chi connectivity index (χ0n) is 9.93. The summed E-state index contributed by atoms with van der Waals surface area (Å²) in [5.41, 5.74) is 2.83. The van der Waals surface area contributed by atoms with Gasteiger partial charge < -0.3 is 0 Å². The molecular formula is C16H18. The molecule has 16 heavy (non-hydrogen) atoms. The monoisotopic (exact) mass is 210 g/mol. The lowest BCUT2D eigenvalue weighted by Crippen LogP contribution is -2.04. The molecule has 0 aliphatic carbocycles. The molecule has 2 atom stereocenters. The standard InChI is InChI=1S/C16H18/c1-13(15-9-5-3-6-10-15)14(2)16-11-7-4-8-12-16/h3-14H,1-2H3/t13-,14-/m0/s1. The molecule has 0 saturated carbocycles. The molecule has 0 amide bonds. The van der Waals surface area contributed by atoms with Crippen molar-refractivity contribution in [3.63, 3.8) is 0 Å². The van der Waals surface area contributed by atoms with Gasteiger partial charge in [-0.15, -0.1) is 0 Å². The van der Waals surface area contributed by atoms with E-state index in [2.05, 4.69) is 74.5 Å². The summed E-state index contributed by atoms with van der Waals surface area (Å²) in [7, 11) is 0. The van der Waals surface area contributed by atoms with Crippen molar-refractivity contribution in [3.05, 3.63) is 71.8 Å². The van der Waals surface area contributed by atoms with Crippen molar-refractivity contribution in [1.82, 2.24) is 0 Å². The smallest absolute Gasteiger partial charge is 0.0124 e. The van der Waals surface area contributed by atoms with E-state index in [1.807, 2.05) is 0 Å². The molecule has 0 fully saturated rings. The van der Waals surface area contributed by atoms with Gasteiger partial charge in [0.1, 0.15) is 0 Å². The summed E-state index contributed by atoms with van der Waals surface area (Å²) in [6, 6.07) is 21.5. The molecule has 0 bridgehead atoms. The fourth-order valence-corrected chi connectivity index (χ4v) is 2.09. The van der Waals surface area contributed by atoms with Crippen LogP contribution in [-0.4, -0.2) is 0 Å². The summed E-state index contributed by atoms with van der Waals surface area (Å²) >= 11 is 0. The van der Waals surface area contributed by atoms with Crippen LogP contribution in [0.5, 0.6) is 0 Å².